The number of benzene rings is 2. The van der Waals surface area contributed by atoms with Crippen LogP contribution in [-0.2, 0) is 26.1 Å². The van der Waals surface area contributed by atoms with Crippen LogP contribution < -0.4 is 5.32 Å². The van der Waals surface area contributed by atoms with Crippen LogP contribution in [0.5, 0.6) is 0 Å². The van der Waals surface area contributed by atoms with Crippen LogP contribution in [0.4, 0.5) is 0 Å². The smallest absolute Gasteiger partial charge is 0.129 e. The molecule has 0 aliphatic carbocycles. The fourth-order valence-corrected chi connectivity index (χ4v) is 4.53. The van der Waals surface area contributed by atoms with E-state index in [1.165, 1.54) is 27.7 Å². The molecule has 0 radical (unpaired) electrons. The average Bonchev–Trinajstić information content (AvgIpc) is 3.25. The molecule has 0 unspecified atom stereocenters. The minimum atomic E-state index is 0.239. The van der Waals surface area contributed by atoms with Crippen molar-refractivity contribution in [3.05, 3.63) is 65.6 Å². The van der Waals surface area contributed by atoms with E-state index in [9.17, 15) is 5.11 Å². The number of imidazole rings is 1. The van der Waals surface area contributed by atoms with Gasteiger partial charge in [-0.15, -0.1) is 0 Å². The number of aliphatic hydroxyl groups excluding tert-OH is 1. The lowest BCUT2D eigenvalue weighted by molar-refractivity contribution is 0.281. The van der Waals surface area contributed by atoms with E-state index >= 15 is 0 Å². The second-order valence-electron chi connectivity index (χ2n) is 7.55. The van der Waals surface area contributed by atoms with Gasteiger partial charge in [-0.2, -0.15) is 0 Å². The van der Waals surface area contributed by atoms with Gasteiger partial charge in [0.2, 0.25) is 0 Å². The van der Waals surface area contributed by atoms with Gasteiger partial charge in [-0.05, 0) is 49.6 Å². The molecule has 3 heterocycles. The quantitative estimate of drug-likeness (QED) is 0.508. The van der Waals surface area contributed by atoms with E-state index in [0.29, 0.717) is 0 Å². The summed E-state index contributed by atoms with van der Waals surface area (Å²) in [6, 6.07) is 17.1. The molecule has 28 heavy (non-hydrogen) atoms. The van der Waals surface area contributed by atoms with Crippen molar-refractivity contribution in [1.29, 1.82) is 0 Å². The van der Waals surface area contributed by atoms with Crippen LogP contribution in [-0.4, -0.2) is 32.4 Å². The van der Waals surface area contributed by atoms with Crippen LogP contribution in [0.1, 0.15) is 29.9 Å². The number of hydrogen-bond donors (Lipinski definition) is 2. The van der Waals surface area contributed by atoms with Crippen molar-refractivity contribution in [3.63, 3.8) is 0 Å². The number of nitrogens with one attached hydrogen (secondary N) is 1. The first-order valence-corrected chi connectivity index (χ1v) is 10.2. The summed E-state index contributed by atoms with van der Waals surface area (Å²) in [7, 11) is 0. The largest absolute Gasteiger partial charge is 0.396 e. The Balaban J connectivity index is 1.62. The lowest BCUT2D eigenvalue weighted by Crippen LogP contribution is -2.25. The van der Waals surface area contributed by atoms with Gasteiger partial charge in [0.15, 0.2) is 0 Å². The molecule has 0 saturated carbocycles. The molecule has 0 bridgehead atoms. The summed E-state index contributed by atoms with van der Waals surface area (Å²) in [5.41, 5.74) is 6.40. The maximum absolute atomic E-state index is 9.20. The van der Waals surface area contributed by atoms with Crippen molar-refractivity contribution in [1.82, 2.24) is 19.4 Å². The predicted molar refractivity (Wildman–Crippen MR) is 113 cm³/mol. The molecule has 1 aliphatic rings. The molecule has 5 nitrogen and oxygen atoms in total. The third-order valence-corrected chi connectivity index (χ3v) is 5.86. The molecule has 1 aliphatic heterocycles. The minimum absolute atomic E-state index is 0.239. The van der Waals surface area contributed by atoms with E-state index in [4.69, 9.17) is 4.98 Å². The summed E-state index contributed by atoms with van der Waals surface area (Å²) in [6.07, 6.45) is 2.85. The van der Waals surface area contributed by atoms with Crippen molar-refractivity contribution >= 4 is 21.9 Å². The third-order valence-electron chi connectivity index (χ3n) is 5.86. The molecule has 0 atom stereocenters. The predicted octanol–water partition coefficient (Wildman–Crippen LogP) is 3.46. The number of unbranched alkanes of at least 4 members (excludes halogenated alkanes) is 1. The van der Waals surface area contributed by atoms with Crippen LogP contribution in [0.15, 0.2) is 48.5 Å². The Kier molecular flexibility index (Phi) is 4.63. The minimum Gasteiger partial charge on any atom is -0.396 e. The number of aliphatic hydroxyl groups is 1. The summed E-state index contributed by atoms with van der Waals surface area (Å²) in [6.45, 7) is 3.85. The van der Waals surface area contributed by atoms with Crippen LogP contribution in [0.2, 0.25) is 0 Å². The maximum atomic E-state index is 9.20. The SMILES string of the molecule is OCCCCn1c(Cn2c3c(c4ccccc42)CCNC3)nc2ccccc21. The van der Waals surface area contributed by atoms with Gasteiger partial charge in [0.1, 0.15) is 5.82 Å². The van der Waals surface area contributed by atoms with Gasteiger partial charge in [0.05, 0.1) is 17.6 Å². The Morgan fingerprint density at radius 1 is 0.964 bits per heavy atom. The number of fused-ring (bicyclic) bond motifs is 4. The zero-order chi connectivity index (χ0) is 18.9. The monoisotopic (exact) mass is 374 g/mol. The first-order chi connectivity index (χ1) is 13.9. The lowest BCUT2D eigenvalue weighted by Gasteiger charge is -2.18. The third kappa shape index (κ3) is 2.91. The first-order valence-electron chi connectivity index (χ1n) is 10.2. The molecular weight excluding hydrogens is 348 g/mol. The van der Waals surface area contributed by atoms with E-state index in [0.717, 1.165) is 56.8 Å². The molecule has 0 saturated heterocycles. The van der Waals surface area contributed by atoms with E-state index in [-0.39, 0.29) is 6.61 Å². The highest BCUT2D eigenvalue weighted by atomic mass is 16.2. The highest BCUT2D eigenvalue weighted by Crippen LogP contribution is 2.30. The fraction of sp³-hybridized carbons (Fsp3) is 0.348. The van der Waals surface area contributed by atoms with Crippen LogP contribution in [0, 0.1) is 0 Å². The van der Waals surface area contributed by atoms with Gasteiger partial charge < -0.3 is 19.6 Å². The lowest BCUT2D eigenvalue weighted by atomic mass is 10.1. The Bertz CT molecular complexity index is 1120. The molecule has 2 N–H and O–H groups in total. The van der Waals surface area contributed by atoms with Crippen molar-refractivity contribution in [2.75, 3.05) is 13.2 Å². The maximum Gasteiger partial charge on any atom is 0.129 e. The highest BCUT2D eigenvalue weighted by molar-refractivity contribution is 5.86. The van der Waals surface area contributed by atoms with Crippen LogP contribution in [0.3, 0.4) is 0 Å². The number of hydrogen-bond acceptors (Lipinski definition) is 3. The molecule has 0 spiro atoms. The first kappa shape index (κ1) is 17.5. The Morgan fingerprint density at radius 3 is 2.68 bits per heavy atom. The van der Waals surface area contributed by atoms with E-state index in [1.807, 2.05) is 6.07 Å². The fourth-order valence-electron chi connectivity index (χ4n) is 4.53. The van der Waals surface area contributed by atoms with Gasteiger partial charge in [0, 0.05) is 36.3 Å². The van der Waals surface area contributed by atoms with Gasteiger partial charge in [-0.25, -0.2) is 4.98 Å². The Hall–Kier alpha value is -2.63. The summed E-state index contributed by atoms with van der Waals surface area (Å²) < 4.78 is 4.78. The standard InChI is InChI=1S/C23H26N4O/c28-14-6-5-13-26-21-10-4-2-8-19(21)25-23(26)16-27-20-9-3-1-7-17(20)18-11-12-24-15-22(18)27/h1-4,7-10,24,28H,5-6,11-16H2. The van der Waals surface area contributed by atoms with Gasteiger partial charge in [-0.1, -0.05) is 30.3 Å². The van der Waals surface area contributed by atoms with Crippen LogP contribution in [0.25, 0.3) is 21.9 Å². The van der Waals surface area contributed by atoms with E-state index < -0.39 is 0 Å². The molecule has 4 aromatic rings. The highest BCUT2D eigenvalue weighted by Gasteiger charge is 2.21. The Morgan fingerprint density at radius 2 is 1.79 bits per heavy atom. The second kappa shape index (κ2) is 7.41. The van der Waals surface area contributed by atoms with Gasteiger partial charge >= 0.3 is 0 Å². The second-order valence-corrected chi connectivity index (χ2v) is 7.55. The molecule has 0 fully saturated rings. The summed E-state index contributed by atoms with van der Waals surface area (Å²) in [5.74, 6) is 1.09. The van der Waals surface area contributed by atoms with Crippen molar-refractivity contribution < 1.29 is 5.11 Å². The van der Waals surface area contributed by atoms with Crippen molar-refractivity contribution in [2.45, 2.75) is 38.9 Å². The molecule has 144 valence electrons. The van der Waals surface area contributed by atoms with Crippen LogP contribution >= 0.6 is 0 Å². The number of aryl methyl sites for hydroxylation is 1. The van der Waals surface area contributed by atoms with Gasteiger partial charge in [-0.3, -0.25) is 0 Å². The summed E-state index contributed by atoms with van der Waals surface area (Å²) >= 11 is 0. The number of rotatable bonds is 6. The normalized spacial score (nSPS) is 14.0. The number of aromatic nitrogens is 3. The summed E-state index contributed by atoms with van der Waals surface area (Å²) in [4.78, 5) is 4.98. The van der Waals surface area contributed by atoms with Crippen molar-refractivity contribution in [2.24, 2.45) is 0 Å². The van der Waals surface area contributed by atoms with Crippen molar-refractivity contribution in [3.8, 4) is 0 Å². The average molecular weight is 374 g/mol. The molecule has 2 aromatic carbocycles. The number of para-hydroxylation sites is 3. The number of nitrogens with zero attached hydrogens (tertiary/aromatic N) is 3. The molecule has 5 rings (SSSR count). The Labute approximate surface area is 164 Å². The molecular formula is C23H26N4O. The van der Waals surface area contributed by atoms with E-state index in [1.54, 1.807) is 0 Å². The molecule has 5 heteroatoms. The topological polar surface area (TPSA) is 55.0 Å². The molecule has 0 amide bonds. The zero-order valence-corrected chi connectivity index (χ0v) is 16.1. The van der Waals surface area contributed by atoms with E-state index in [2.05, 4.69) is 56.9 Å². The summed E-state index contributed by atoms with van der Waals surface area (Å²) in [5, 5.41) is 14.1. The van der Waals surface area contributed by atoms with Gasteiger partial charge in [0.25, 0.3) is 0 Å². The molecule has 2 aromatic heterocycles. The zero-order valence-electron chi connectivity index (χ0n) is 16.1.